The zero-order chi connectivity index (χ0) is 15.5. The average molecular weight is 291 g/mol. The maximum Gasteiger partial charge on any atom is 0.141 e. The molecule has 0 fully saturated rings. The molecular formula is C18H17N3O. The second-order valence-corrected chi connectivity index (χ2v) is 5.29. The van der Waals surface area contributed by atoms with Crippen molar-refractivity contribution in [3.05, 3.63) is 48.5 Å². The van der Waals surface area contributed by atoms with Crippen LogP contribution in [0.4, 0.5) is 0 Å². The third kappa shape index (κ3) is 2.53. The fourth-order valence-electron chi connectivity index (χ4n) is 2.54. The van der Waals surface area contributed by atoms with Crippen LogP contribution < -0.4 is 4.74 Å². The summed E-state index contributed by atoms with van der Waals surface area (Å²) in [7, 11) is 1.65. The van der Waals surface area contributed by atoms with Gasteiger partial charge < -0.3 is 9.30 Å². The first-order valence-electron chi connectivity index (χ1n) is 7.22. The van der Waals surface area contributed by atoms with Crippen molar-refractivity contribution in [2.24, 2.45) is 5.92 Å². The lowest BCUT2D eigenvalue weighted by Gasteiger charge is -2.11. The van der Waals surface area contributed by atoms with E-state index >= 15 is 0 Å². The van der Waals surface area contributed by atoms with Gasteiger partial charge in [0.15, 0.2) is 0 Å². The van der Waals surface area contributed by atoms with Crippen molar-refractivity contribution in [1.82, 2.24) is 9.55 Å². The van der Waals surface area contributed by atoms with Gasteiger partial charge in [-0.1, -0.05) is 12.1 Å². The van der Waals surface area contributed by atoms with Crippen molar-refractivity contribution in [3.8, 4) is 23.2 Å². The Balaban J connectivity index is 2.14. The smallest absolute Gasteiger partial charge is 0.141 e. The highest BCUT2D eigenvalue weighted by Gasteiger charge is 2.14. The molecule has 1 aromatic heterocycles. The Kier molecular flexibility index (Phi) is 3.80. The molecule has 0 aliphatic heterocycles. The summed E-state index contributed by atoms with van der Waals surface area (Å²) >= 11 is 0. The van der Waals surface area contributed by atoms with Gasteiger partial charge in [-0.2, -0.15) is 5.26 Å². The van der Waals surface area contributed by atoms with Crippen LogP contribution >= 0.6 is 0 Å². The number of rotatable bonds is 4. The molecule has 0 aliphatic rings. The number of hydrogen-bond acceptors (Lipinski definition) is 3. The Hall–Kier alpha value is -2.80. The van der Waals surface area contributed by atoms with Crippen LogP contribution in [0.15, 0.2) is 48.5 Å². The summed E-state index contributed by atoms with van der Waals surface area (Å²) in [6, 6.07) is 18.1. The number of benzene rings is 2. The number of hydrogen-bond donors (Lipinski definition) is 0. The van der Waals surface area contributed by atoms with E-state index in [0.29, 0.717) is 6.54 Å². The molecule has 4 heteroatoms. The SMILES string of the molecule is COc1ccc(-c2nc3ccccc3n2CC(C)C#N)cc1. The minimum Gasteiger partial charge on any atom is -0.497 e. The summed E-state index contributed by atoms with van der Waals surface area (Å²) in [5.74, 6) is 1.62. The number of ether oxygens (including phenoxy) is 1. The molecule has 0 saturated carbocycles. The van der Waals surface area contributed by atoms with E-state index in [1.54, 1.807) is 7.11 Å². The molecule has 2 aromatic carbocycles. The number of fused-ring (bicyclic) bond motifs is 1. The van der Waals surface area contributed by atoms with Crippen LogP contribution in [0.25, 0.3) is 22.4 Å². The molecule has 0 N–H and O–H groups in total. The molecule has 0 radical (unpaired) electrons. The fourth-order valence-corrected chi connectivity index (χ4v) is 2.54. The molecule has 0 amide bonds. The molecular weight excluding hydrogens is 274 g/mol. The quantitative estimate of drug-likeness (QED) is 0.733. The Bertz CT molecular complexity index is 828. The number of nitriles is 1. The molecule has 1 heterocycles. The Morgan fingerprint density at radius 3 is 2.59 bits per heavy atom. The molecule has 0 bridgehead atoms. The molecule has 0 saturated heterocycles. The summed E-state index contributed by atoms with van der Waals surface area (Å²) < 4.78 is 7.32. The lowest BCUT2D eigenvalue weighted by Crippen LogP contribution is -2.07. The summed E-state index contributed by atoms with van der Waals surface area (Å²) in [4.78, 5) is 4.74. The second-order valence-electron chi connectivity index (χ2n) is 5.29. The van der Waals surface area contributed by atoms with E-state index in [2.05, 4.69) is 10.6 Å². The minimum atomic E-state index is -0.0744. The Morgan fingerprint density at radius 2 is 1.91 bits per heavy atom. The molecule has 22 heavy (non-hydrogen) atoms. The number of para-hydroxylation sites is 2. The Labute approximate surface area is 129 Å². The van der Waals surface area contributed by atoms with Crippen LogP contribution in [0, 0.1) is 17.2 Å². The van der Waals surface area contributed by atoms with Gasteiger partial charge in [-0.25, -0.2) is 4.98 Å². The van der Waals surface area contributed by atoms with Crippen LogP contribution in [0.3, 0.4) is 0 Å². The molecule has 1 unspecified atom stereocenters. The minimum absolute atomic E-state index is 0.0744. The van der Waals surface area contributed by atoms with E-state index < -0.39 is 0 Å². The van der Waals surface area contributed by atoms with Crippen molar-refractivity contribution in [2.75, 3.05) is 7.11 Å². The third-order valence-electron chi connectivity index (χ3n) is 3.68. The number of methoxy groups -OCH3 is 1. The van der Waals surface area contributed by atoms with Gasteiger partial charge in [0.25, 0.3) is 0 Å². The first-order chi connectivity index (χ1) is 10.7. The van der Waals surface area contributed by atoms with Gasteiger partial charge >= 0.3 is 0 Å². The molecule has 0 aliphatic carbocycles. The van der Waals surface area contributed by atoms with Gasteiger partial charge in [-0.3, -0.25) is 0 Å². The lowest BCUT2D eigenvalue weighted by molar-refractivity contribution is 0.415. The average Bonchev–Trinajstić information content (AvgIpc) is 2.93. The largest absolute Gasteiger partial charge is 0.497 e. The zero-order valence-electron chi connectivity index (χ0n) is 12.7. The normalized spacial score (nSPS) is 12.0. The molecule has 110 valence electrons. The first-order valence-corrected chi connectivity index (χ1v) is 7.22. The van der Waals surface area contributed by atoms with Crippen molar-refractivity contribution in [3.63, 3.8) is 0 Å². The summed E-state index contributed by atoms with van der Waals surface area (Å²) in [5, 5.41) is 9.14. The third-order valence-corrected chi connectivity index (χ3v) is 3.68. The van der Waals surface area contributed by atoms with E-state index in [4.69, 9.17) is 15.0 Å². The predicted molar refractivity (Wildman–Crippen MR) is 86.5 cm³/mol. The first kappa shape index (κ1) is 14.2. The van der Waals surface area contributed by atoms with E-state index in [1.807, 2.05) is 55.5 Å². The zero-order valence-corrected chi connectivity index (χ0v) is 12.7. The van der Waals surface area contributed by atoms with Crippen molar-refractivity contribution >= 4 is 11.0 Å². The number of imidazole rings is 1. The second kappa shape index (κ2) is 5.90. The van der Waals surface area contributed by atoms with Gasteiger partial charge in [0.2, 0.25) is 0 Å². The molecule has 0 spiro atoms. The fraction of sp³-hybridized carbons (Fsp3) is 0.222. The molecule has 4 nitrogen and oxygen atoms in total. The lowest BCUT2D eigenvalue weighted by atomic mass is 10.1. The summed E-state index contributed by atoms with van der Waals surface area (Å²) in [5.41, 5.74) is 3.01. The van der Waals surface area contributed by atoms with E-state index in [9.17, 15) is 0 Å². The highest BCUT2D eigenvalue weighted by molar-refractivity contribution is 5.80. The predicted octanol–water partition coefficient (Wildman–Crippen LogP) is 3.87. The van der Waals surface area contributed by atoms with Crippen LogP contribution in [0.5, 0.6) is 5.75 Å². The van der Waals surface area contributed by atoms with Crippen LogP contribution in [-0.4, -0.2) is 16.7 Å². The Morgan fingerprint density at radius 1 is 1.18 bits per heavy atom. The van der Waals surface area contributed by atoms with Gasteiger partial charge in [-0.05, 0) is 43.3 Å². The van der Waals surface area contributed by atoms with Gasteiger partial charge in [0.1, 0.15) is 11.6 Å². The maximum atomic E-state index is 9.14. The van der Waals surface area contributed by atoms with E-state index in [-0.39, 0.29) is 5.92 Å². The van der Waals surface area contributed by atoms with Crippen molar-refractivity contribution in [1.29, 1.82) is 5.26 Å². The number of nitrogens with zero attached hydrogens (tertiary/aromatic N) is 3. The highest BCUT2D eigenvalue weighted by atomic mass is 16.5. The topological polar surface area (TPSA) is 50.8 Å². The van der Waals surface area contributed by atoms with Crippen LogP contribution in [0.1, 0.15) is 6.92 Å². The number of aromatic nitrogens is 2. The van der Waals surface area contributed by atoms with Crippen molar-refractivity contribution < 1.29 is 4.74 Å². The molecule has 1 atom stereocenters. The van der Waals surface area contributed by atoms with Crippen LogP contribution in [0.2, 0.25) is 0 Å². The van der Waals surface area contributed by atoms with Gasteiger partial charge in [0.05, 0.1) is 30.1 Å². The molecule has 3 aromatic rings. The van der Waals surface area contributed by atoms with E-state index in [1.165, 1.54) is 0 Å². The van der Waals surface area contributed by atoms with E-state index in [0.717, 1.165) is 28.2 Å². The molecule has 3 rings (SSSR count). The summed E-state index contributed by atoms with van der Waals surface area (Å²) in [6.07, 6.45) is 0. The van der Waals surface area contributed by atoms with Crippen molar-refractivity contribution in [2.45, 2.75) is 13.5 Å². The van der Waals surface area contributed by atoms with Gasteiger partial charge in [-0.15, -0.1) is 0 Å². The van der Waals surface area contributed by atoms with Crippen LogP contribution in [-0.2, 0) is 6.54 Å². The maximum absolute atomic E-state index is 9.14. The van der Waals surface area contributed by atoms with Gasteiger partial charge in [0, 0.05) is 12.1 Å². The standard InChI is InChI=1S/C18H17N3O/c1-13(11-19)12-21-17-6-4-3-5-16(17)20-18(21)14-7-9-15(22-2)10-8-14/h3-10,13H,12H2,1-2H3. The monoisotopic (exact) mass is 291 g/mol. The summed E-state index contributed by atoms with van der Waals surface area (Å²) in [6.45, 7) is 2.55. The highest BCUT2D eigenvalue weighted by Crippen LogP contribution is 2.27.